The molecular formula is C12H12FNO3. The van der Waals surface area contributed by atoms with Crippen molar-refractivity contribution >= 4 is 17.6 Å². The maximum atomic E-state index is 13.4. The fourth-order valence-electron chi connectivity index (χ4n) is 1.51. The van der Waals surface area contributed by atoms with Crippen LogP contribution >= 0.6 is 0 Å². The van der Waals surface area contributed by atoms with Crippen LogP contribution in [-0.4, -0.2) is 22.7 Å². The number of anilines is 1. The molecule has 0 aliphatic heterocycles. The normalized spacial score (nSPS) is 16.4. The quantitative estimate of drug-likeness (QED) is 0.846. The number of hydrogen-bond acceptors (Lipinski definition) is 2. The molecule has 5 heteroatoms. The Labute approximate surface area is 97.4 Å². The minimum Gasteiger partial charge on any atom is -0.478 e. The molecule has 1 aliphatic carbocycles. The number of benzene rings is 1. The topological polar surface area (TPSA) is 66.4 Å². The van der Waals surface area contributed by atoms with E-state index >= 15 is 0 Å². The number of carbonyl (C=O) groups excluding carboxylic acids is 1. The van der Waals surface area contributed by atoms with Crippen molar-refractivity contribution in [3.63, 3.8) is 0 Å². The molecular weight excluding hydrogens is 225 g/mol. The molecule has 4 nitrogen and oxygen atoms in total. The maximum absolute atomic E-state index is 13.4. The van der Waals surface area contributed by atoms with Gasteiger partial charge in [-0.1, -0.05) is 6.07 Å². The number of hydrogen-bond donors (Lipinski definition) is 2. The molecule has 2 rings (SSSR count). The highest BCUT2D eigenvalue weighted by Gasteiger charge is 2.50. The van der Waals surface area contributed by atoms with Crippen molar-refractivity contribution in [1.82, 2.24) is 0 Å². The van der Waals surface area contributed by atoms with Crippen molar-refractivity contribution in [1.29, 1.82) is 0 Å². The van der Waals surface area contributed by atoms with Crippen LogP contribution in [0.1, 0.15) is 28.8 Å². The van der Waals surface area contributed by atoms with E-state index in [0.29, 0.717) is 11.3 Å². The van der Waals surface area contributed by atoms with Crippen LogP contribution in [0.15, 0.2) is 18.2 Å². The fourth-order valence-corrected chi connectivity index (χ4v) is 1.51. The molecule has 1 aliphatic rings. The number of aryl methyl sites for hydroxylation is 1. The Balaban J connectivity index is 2.19. The number of alkyl halides is 1. The zero-order valence-corrected chi connectivity index (χ0v) is 9.29. The van der Waals surface area contributed by atoms with Gasteiger partial charge in [0.05, 0.1) is 5.56 Å². The summed E-state index contributed by atoms with van der Waals surface area (Å²) in [6.45, 7) is 1.66. The summed E-state index contributed by atoms with van der Waals surface area (Å²) in [5.74, 6) is -1.77. The van der Waals surface area contributed by atoms with Gasteiger partial charge in [0, 0.05) is 5.69 Å². The van der Waals surface area contributed by atoms with Crippen LogP contribution in [0.25, 0.3) is 0 Å². The van der Waals surface area contributed by atoms with Crippen molar-refractivity contribution in [3.05, 3.63) is 29.3 Å². The van der Waals surface area contributed by atoms with Crippen LogP contribution < -0.4 is 5.32 Å². The fraction of sp³-hybridized carbons (Fsp3) is 0.333. The number of nitrogens with one attached hydrogen (secondary N) is 1. The highest BCUT2D eigenvalue weighted by Crippen LogP contribution is 2.40. The van der Waals surface area contributed by atoms with Gasteiger partial charge in [0.25, 0.3) is 5.91 Å². The Bertz CT molecular complexity index is 495. The van der Waals surface area contributed by atoms with Gasteiger partial charge in [0.1, 0.15) is 0 Å². The molecule has 1 aromatic carbocycles. The Morgan fingerprint density at radius 2 is 2.06 bits per heavy atom. The van der Waals surface area contributed by atoms with E-state index in [1.807, 2.05) is 0 Å². The first kappa shape index (κ1) is 11.6. The first-order valence-corrected chi connectivity index (χ1v) is 5.27. The zero-order chi connectivity index (χ0) is 12.6. The summed E-state index contributed by atoms with van der Waals surface area (Å²) >= 11 is 0. The van der Waals surface area contributed by atoms with E-state index < -0.39 is 17.5 Å². The number of carboxylic acid groups (broad SMARTS) is 1. The molecule has 1 fully saturated rings. The van der Waals surface area contributed by atoms with Crippen LogP contribution in [0.5, 0.6) is 0 Å². The average Bonchev–Trinajstić information content (AvgIpc) is 3.00. The minimum absolute atomic E-state index is 0.103. The molecule has 0 atom stereocenters. The summed E-state index contributed by atoms with van der Waals surface area (Å²) in [4.78, 5) is 22.3. The van der Waals surface area contributed by atoms with Gasteiger partial charge in [-0.2, -0.15) is 0 Å². The summed E-state index contributed by atoms with van der Waals surface area (Å²) in [5, 5.41) is 11.3. The second-order valence-corrected chi connectivity index (χ2v) is 4.25. The van der Waals surface area contributed by atoms with E-state index in [-0.39, 0.29) is 18.4 Å². The lowest BCUT2D eigenvalue weighted by Crippen LogP contribution is -2.25. The molecule has 2 N–H and O–H groups in total. The summed E-state index contributed by atoms with van der Waals surface area (Å²) in [6, 6.07) is 4.48. The number of halogens is 1. The standard InChI is InChI=1S/C12H12FNO3/c1-7-2-3-8(6-9(7)10(15)16)14-11(17)12(13)4-5-12/h2-3,6H,4-5H2,1H3,(H,14,17)(H,15,16). The van der Waals surface area contributed by atoms with Gasteiger partial charge in [0.2, 0.25) is 0 Å². The number of carbonyl (C=O) groups is 2. The average molecular weight is 237 g/mol. The summed E-state index contributed by atoms with van der Waals surface area (Å²) in [6.07, 6.45) is 0.465. The maximum Gasteiger partial charge on any atom is 0.336 e. The van der Waals surface area contributed by atoms with Gasteiger partial charge in [0.15, 0.2) is 5.67 Å². The third kappa shape index (κ3) is 2.27. The van der Waals surface area contributed by atoms with E-state index in [1.54, 1.807) is 19.1 Å². The molecule has 90 valence electrons. The van der Waals surface area contributed by atoms with Gasteiger partial charge < -0.3 is 10.4 Å². The van der Waals surface area contributed by atoms with Crippen LogP contribution in [0, 0.1) is 6.92 Å². The number of aromatic carboxylic acids is 1. The molecule has 1 amide bonds. The molecule has 0 heterocycles. The molecule has 0 radical (unpaired) electrons. The predicted molar refractivity (Wildman–Crippen MR) is 59.8 cm³/mol. The molecule has 0 bridgehead atoms. The number of carboxylic acids is 1. The molecule has 1 saturated carbocycles. The second kappa shape index (κ2) is 3.84. The summed E-state index contributed by atoms with van der Waals surface area (Å²) in [5.41, 5.74) is -0.751. The van der Waals surface area contributed by atoms with Crippen molar-refractivity contribution in [2.45, 2.75) is 25.4 Å². The SMILES string of the molecule is Cc1ccc(NC(=O)C2(F)CC2)cc1C(=O)O. The molecule has 0 aromatic heterocycles. The van der Waals surface area contributed by atoms with Gasteiger partial charge >= 0.3 is 5.97 Å². The van der Waals surface area contributed by atoms with Gasteiger partial charge in [-0.05, 0) is 37.5 Å². The lowest BCUT2D eigenvalue weighted by atomic mass is 10.1. The first-order chi connectivity index (χ1) is 7.92. The molecule has 0 unspecified atom stereocenters. The minimum atomic E-state index is -1.76. The van der Waals surface area contributed by atoms with Crippen molar-refractivity contribution in [3.8, 4) is 0 Å². The van der Waals surface area contributed by atoms with Crippen LogP contribution in [0.3, 0.4) is 0 Å². The van der Waals surface area contributed by atoms with Gasteiger partial charge in [-0.15, -0.1) is 0 Å². The molecule has 1 aromatic rings. The van der Waals surface area contributed by atoms with Crippen LogP contribution in [-0.2, 0) is 4.79 Å². The Kier molecular flexibility index (Phi) is 2.61. The number of rotatable bonds is 3. The number of amides is 1. The summed E-state index contributed by atoms with van der Waals surface area (Å²) in [7, 11) is 0. The largest absolute Gasteiger partial charge is 0.478 e. The van der Waals surface area contributed by atoms with Crippen molar-refractivity contribution in [2.24, 2.45) is 0 Å². The van der Waals surface area contributed by atoms with Gasteiger partial charge in [-0.25, -0.2) is 9.18 Å². The predicted octanol–water partition coefficient (Wildman–Crippen LogP) is 2.13. The zero-order valence-electron chi connectivity index (χ0n) is 9.29. The summed E-state index contributed by atoms with van der Waals surface area (Å²) < 4.78 is 13.4. The highest BCUT2D eigenvalue weighted by atomic mass is 19.1. The van der Waals surface area contributed by atoms with Crippen LogP contribution in [0.4, 0.5) is 10.1 Å². The van der Waals surface area contributed by atoms with Crippen molar-refractivity contribution < 1.29 is 19.1 Å². The Morgan fingerprint density at radius 3 is 2.59 bits per heavy atom. The Morgan fingerprint density at radius 1 is 1.41 bits per heavy atom. The van der Waals surface area contributed by atoms with E-state index in [1.165, 1.54) is 6.07 Å². The van der Waals surface area contributed by atoms with E-state index in [2.05, 4.69) is 5.32 Å². The van der Waals surface area contributed by atoms with Gasteiger partial charge in [-0.3, -0.25) is 4.79 Å². The van der Waals surface area contributed by atoms with E-state index in [9.17, 15) is 14.0 Å². The molecule has 17 heavy (non-hydrogen) atoms. The highest BCUT2D eigenvalue weighted by molar-refractivity contribution is 6.00. The molecule has 0 spiro atoms. The lowest BCUT2D eigenvalue weighted by molar-refractivity contribution is -0.122. The lowest BCUT2D eigenvalue weighted by Gasteiger charge is -2.09. The second-order valence-electron chi connectivity index (χ2n) is 4.25. The van der Waals surface area contributed by atoms with Crippen molar-refractivity contribution in [2.75, 3.05) is 5.32 Å². The molecule has 0 saturated heterocycles. The van der Waals surface area contributed by atoms with E-state index in [4.69, 9.17) is 5.11 Å². The van der Waals surface area contributed by atoms with E-state index in [0.717, 1.165) is 0 Å². The van der Waals surface area contributed by atoms with Crippen LogP contribution in [0.2, 0.25) is 0 Å². The third-order valence-corrected chi connectivity index (χ3v) is 2.82. The Hall–Kier alpha value is -1.91. The smallest absolute Gasteiger partial charge is 0.336 e. The third-order valence-electron chi connectivity index (χ3n) is 2.82. The first-order valence-electron chi connectivity index (χ1n) is 5.27. The monoisotopic (exact) mass is 237 g/mol.